The summed E-state index contributed by atoms with van der Waals surface area (Å²) in [6, 6.07) is 2.00. The Bertz CT molecular complexity index is 872. The molecule has 11 heteroatoms. The van der Waals surface area contributed by atoms with E-state index in [1.807, 2.05) is 6.92 Å². The normalized spacial score (nSPS) is 18.1. The van der Waals surface area contributed by atoms with Gasteiger partial charge in [-0.25, -0.2) is 0 Å². The molecule has 0 radical (unpaired) electrons. The van der Waals surface area contributed by atoms with Crippen LogP contribution in [0.3, 0.4) is 0 Å². The Kier molecular flexibility index (Phi) is 5.56. The third-order valence-corrected chi connectivity index (χ3v) is 6.56. The predicted molar refractivity (Wildman–Crippen MR) is 108 cm³/mol. The molecule has 28 heavy (non-hydrogen) atoms. The van der Waals surface area contributed by atoms with Crippen molar-refractivity contribution in [2.24, 2.45) is 5.73 Å². The smallest absolute Gasteiger partial charge is 0.251 e. The Morgan fingerprint density at radius 3 is 2.79 bits per heavy atom. The number of morpholine rings is 1. The van der Waals surface area contributed by atoms with Gasteiger partial charge in [0, 0.05) is 19.1 Å². The number of nitrogens with two attached hydrogens (primary N) is 1. The van der Waals surface area contributed by atoms with E-state index in [2.05, 4.69) is 25.0 Å². The van der Waals surface area contributed by atoms with Gasteiger partial charge >= 0.3 is 0 Å². The largest absolute Gasteiger partial charge is 0.378 e. The lowest BCUT2D eigenvalue weighted by molar-refractivity contribution is -0.115. The monoisotopic (exact) mass is 422 g/mol. The number of carbonyl (C=O) groups is 2. The molecule has 1 saturated heterocycles. The molecule has 0 spiro atoms. The van der Waals surface area contributed by atoms with Crippen LogP contribution in [0.4, 0.5) is 10.9 Å². The summed E-state index contributed by atoms with van der Waals surface area (Å²) in [5, 5.41) is 14.1. The van der Waals surface area contributed by atoms with Gasteiger partial charge in [0.1, 0.15) is 5.00 Å². The van der Waals surface area contributed by atoms with E-state index in [0.717, 1.165) is 37.0 Å². The van der Waals surface area contributed by atoms with E-state index >= 15 is 0 Å². The molecule has 2 aliphatic rings. The summed E-state index contributed by atoms with van der Waals surface area (Å²) in [5.74, 6) is 0.101. The van der Waals surface area contributed by atoms with Crippen LogP contribution >= 0.6 is 23.1 Å². The van der Waals surface area contributed by atoms with Crippen molar-refractivity contribution < 1.29 is 14.3 Å². The summed E-state index contributed by atoms with van der Waals surface area (Å²) in [4.78, 5) is 26.3. The van der Waals surface area contributed by atoms with Crippen molar-refractivity contribution in [2.75, 3.05) is 36.5 Å². The van der Waals surface area contributed by atoms with Crippen molar-refractivity contribution in [3.8, 4) is 0 Å². The molecule has 2 amide bonds. The Hall–Kier alpha value is -2.11. The molecule has 2 aromatic heterocycles. The second-order valence-corrected chi connectivity index (χ2v) is 8.98. The van der Waals surface area contributed by atoms with Crippen LogP contribution in [0.5, 0.6) is 0 Å². The molecule has 3 N–H and O–H groups in total. The van der Waals surface area contributed by atoms with Crippen LogP contribution in [-0.4, -0.2) is 58.1 Å². The number of carbonyl (C=O) groups excluding carboxylic acids is 2. The maximum absolute atomic E-state index is 12.6. The highest BCUT2D eigenvalue weighted by atomic mass is 32.2. The molecule has 1 aliphatic heterocycles. The SMILES string of the molecule is C[C@@H](Sc1nnc(N2CCOCC2)n1C1CC1)C(=O)Nc1sccc1C(N)=O. The first-order valence-electron chi connectivity index (χ1n) is 9.17. The number of nitrogens with zero attached hydrogens (tertiary/aromatic N) is 4. The fourth-order valence-electron chi connectivity index (χ4n) is 3.01. The first kappa shape index (κ1) is 19.2. The minimum absolute atomic E-state index is 0.201. The molecule has 3 heterocycles. The van der Waals surface area contributed by atoms with Gasteiger partial charge < -0.3 is 20.7 Å². The van der Waals surface area contributed by atoms with Crippen LogP contribution in [0.1, 0.15) is 36.2 Å². The summed E-state index contributed by atoms with van der Waals surface area (Å²) in [5.41, 5.74) is 5.67. The quantitative estimate of drug-likeness (QED) is 0.653. The maximum atomic E-state index is 12.6. The van der Waals surface area contributed by atoms with Gasteiger partial charge in [-0.3, -0.25) is 14.2 Å². The summed E-state index contributed by atoms with van der Waals surface area (Å²) in [7, 11) is 0. The Labute approximate surface area is 170 Å². The number of primary amides is 1. The second-order valence-electron chi connectivity index (χ2n) is 6.76. The number of nitrogens with one attached hydrogen (secondary N) is 1. The number of amides is 2. The van der Waals surface area contributed by atoms with Crippen LogP contribution < -0.4 is 16.0 Å². The van der Waals surface area contributed by atoms with Crippen LogP contribution in [-0.2, 0) is 9.53 Å². The highest BCUT2D eigenvalue weighted by Crippen LogP contribution is 2.41. The molecular weight excluding hydrogens is 400 g/mol. The van der Waals surface area contributed by atoms with Gasteiger partial charge in [-0.15, -0.1) is 21.5 Å². The average molecular weight is 423 g/mol. The molecule has 4 rings (SSSR count). The number of thioether (sulfide) groups is 1. The highest BCUT2D eigenvalue weighted by molar-refractivity contribution is 8.00. The minimum Gasteiger partial charge on any atom is -0.378 e. The molecule has 1 aliphatic carbocycles. The van der Waals surface area contributed by atoms with E-state index in [1.165, 1.54) is 23.1 Å². The number of thiophene rings is 1. The Morgan fingerprint density at radius 2 is 2.11 bits per heavy atom. The Morgan fingerprint density at radius 1 is 1.36 bits per heavy atom. The van der Waals surface area contributed by atoms with Gasteiger partial charge in [0.2, 0.25) is 11.9 Å². The van der Waals surface area contributed by atoms with Gasteiger partial charge in [0.25, 0.3) is 5.91 Å². The zero-order valence-electron chi connectivity index (χ0n) is 15.5. The van der Waals surface area contributed by atoms with Crippen molar-refractivity contribution in [3.63, 3.8) is 0 Å². The third kappa shape index (κ3) is 4.01. The molecule has 1 atom stereocenters. The van der Waals surface area contributed by atoms with E-state index in [4.69, 9.17) is 10.5 Å². The van der Waals surface area contributed by atoms with Crippen molar-refractivity contribution >= 4 is 45.9 Å². The number of aromatic nitrogens is 3. The zero-order chi connectivity index (χ0) is 19.7. The molecule has 2 fully saturated rings. The number of anilines is 2. The lowest BCUT2D eigenvalue weighted by atomic mass is 10.3. The molecule has 0 unspecified atom stereocenters. The number of hydrogen-bond donors (Lipinski definition) is 2. The van der Waals surface area contributed by atoms with E-state index in [-0.39, 0.29) is 5.91 Å². The van der Waals surface area contributed by atoms with Crippen molar-refractivity contribution in [2.45, 2.75) is 36.2 Å². The van der Waals surface area contributed by atoms with Crippen molar-refractivity contribution in [3.05, 3.63) is 17.0 Å². The Balaban J connectivity index is 1.47. The van der Waals surface area contributed by atoms with E-state index < -0.39 is 11.2 Å². The average Bonchev–Trinajstić information content (AvgIpc) is 3.27. The van der Waals surface area contributed by atoms with Gasteiger partial charge in [-0.1, -0.05) is 11.8 Å². The molecule has 9 nitrogen and oxygen atoms in total. The molecule has 2 aromatic rings. The third-order valence-electron chi connectivity index (χ3n) is 4.67. The van der Waals surface area contributed by atoms with E-state index in [0.29, 0.717) is 29.8 Å². The zero-order valence-corrected chi connectivity index (χ0v) is 17.1. The first-order chi connectivity index (χ1) is 13.5. The van der Waals surface area contributed by atoms with Gasteiger partial charge in [-0.05, 0) is 31.2 Å². The van der Waals surface area contributed by atoms with Gasteiger partial charge in [-0.2, -0.15) is 0 Å². The summed E-state index contributed by atoms with van der Waals surface area (Å²) in [6.07, 6.45) is 2.20. The fourth-order valence-corrected chi connectivity index (χ4v) is 4.72. The highest BCUT2D eigenvalue weighted by Gasteiger charge is 2.33. The predicted octanol–water partition coefficient (Wildman–Crippen LogP) is 1.73. The van der Waals surface area contributed by atoms with Crippen LogP contribution in [0.15, 0.2) is 16.6 Å². The fraction of sp³-hybridized carbons (Fsp3) is 0.529. The first-order valence-corrected chi connectivity index (χ1v) is 10.9. The van der Waals surface area contributed by atoms with Crippen LogP contribution in [0, 0.1) is 0 Å². The van der Waals surface area contributed by atoms with Gasteiger partial charge in [0.15, 0.2) is 5.16 Å². The number of ether oxygens (including phenoxy) is 1. The summed E-state index contributed by atoms with van der Waals surface area (Å²) >= 11 is 2.65. The number of hydrogen-bond acceptors (Lipinski definition) is 8. The molecule has 1 saturated carbocycles. The maximum Gasteiger partial charge on any atom is 0.251 e. The van der Waals surface area contributed by atoms with E-state index in [9.17, 15) is 9.59 Å². The standard InChI is InChI=1S/C17H22N6O3S2/c1-10(14(25)19-15-12(13(18)24)4-9-27-15)28-17-21-20-16(23(17)11-2-3-11)22-5-7-26-8-6-22/h4,9-11H,2-3,5-8H2,1H3,(H2,18,24)(H,19,25)/t10-/m1/s1. The lowest BCUT2D eigenvalue weighted by Crippen LogP contribution is -2.38. The summed E-state index contributed by atoms with van der Waals surface area (Å²) in [6.45, 7) is 4.77. The van der Waals surface area contributed by atoms with Crippen molar-refractivity contribution in [1.29, 1.82) is 0 Å². The second kappa shape index (κ2) is 8.10. The molecule has 0 aromatic carbocycles. The van der Waals surface area contributed by atoms with Crippen molar-refractivity contribution in [1.82, 2.24) is 14.8 Å². The van der Waals surface area contributed by atoms with E-state index in [1.54, 1.807) is 11.4 Å². The molecular formula is C17H22N6O3S2. The molecule has 0 bridgehead atoms. The minimum atomic E-state index is -0.555. The van der Waals surface area contributed by atoms with Crippen LogP contribution in [0.2, 0.25) is 0 Å². The van der Waals surface area contributed by atoms with Crippen LogP contribution in [0.25, 0.3) is 0 Å². The molecule has 150 valence electrons. The van der Waals surface area contributed by atoms with Gasteiger partial charge in [0.05, 0.1) is 24.0 Å². The lowest BCUT2D eigenvalue weighted by Gasteiger charge is -2.28. The topological polar surface area (TPSA) is 115 Å². The summed E-state index contributed by atoms with van der Waals surface area (Å²) < 4.78 is 7.58. The number of rotatable bonds is 7.